The lowest BCUT2D eigenvalue weighted by Crippen LogP contribution is -2.32. The van der Waals surface area contributed by atoms with Crippen LogP contribution in [-0.4, -0.2) is 35.0 Å². The number of hydrogen-bond donors (Lipinski definition) is 0. The van der Waals surface area contributed by atoms with Gasteiger partial charge in [-0.25, -0.2) is 17.2 Å². The first kappa shape index (κ1) is 17.3. The molecule has 1 heterocycles. The maximum absolute atomic E-state index is 12.8. The predicted molar refractivity (Wildman–Crippen MR) is 85.4 cm³/mol. The number of halogens is 3. The molecule has 5 nitrogen and oxygen atoms in total. The quantitative estimate of drug-likeness (QED) is 0.747. The molecule has 9 heteroatoms. The summed E-state index contributed by atoms with van der Waals surface area (Å²) in [6.45, 7) is -0.416. The van der Waals surface area contributed by atoms with Crippen LogP contribution in [0.1, 0.15) is 18.4 Å². The number of hydrogen-bond acceptors (Lipinski definition) is 3. The van der Waals surface area contributed by atoms with Crippen molar-refractivity contribution in [2.24, 2.45) is 0 Å². The van der Waals surface area contributed by atoms with Gasteiger partial charge in [0.15, 0.2) is 0 Å². The molecule has 1 aromatic carbocycles. The van der Waals surface area contributed by atoms with Gasteiger partial charge in [0.25, 0.3) is 6.43 Å². The van der Waals surface area contributed by atoms with E-state index in [0.717, 1.165) is 35.5 Å². The van der Waals surface area contributed by atoms with E-state index in [4.69, 9.17) is 11.6 Å². The molecule has 0 aliphatic heterocycles. The van der Waals surface area contributed by atoms with E-state index in [9.17, 15) is 17.2 Å². The molecule has 0 atom stereocenters. The SMILES string of the molecule is O=S(=O)(c1cnn(CC(F)F)c1)N(Cc1ccc(Cl)cc1)C1CC1. The van der Waals surface area contributed by atoms with Crippen molar-refractivity contribution in [3.8, 4) is 0 Å². The molecule has 0 bridgehead atoms. The monoisotopic (exact) mass is 375 g/mol. The molecule has 0 N–H and O–H groups in total. The summed E-state index contributed by atoms with van der Waals surface area (Å²) in [6.07, 6.45) is 1.26. The molecular formula is C15H16ClF2N3O2S. The highest BCUT2D eigenvalue weighted by Crippen LogP contribution is 2.33. The van der Waals surface area contributed by atoms with Crippen molar-refractivity contribution in [3.05, 3.63) is 47.2 Å². The number of sulfonamides is 1. The van der Waals surface area contributed by atoms with Crippen LogP contribution < -0.4 is 0 Å². The molecule has 24 heavy (non-hydrogen) atoms. The van der Waals surface area contributed by atoms with E-state index in [2.05, 4.69) is 5.10 Å². The van der Waals surface area contributed by atoms with Crippen molar-refractivity contribution in [2.45, 2.75) is 43.3 Å². The fourth-order valence-corrected chi connectivity index (χ4v) is 4.15. The zero-order chi connectivity index (χ0) is 17.3. The molecule has 0 spiro atoms. The minimum Gasteiger partial charge on any atom is -0.266 e. The average molecular weight is 376 g/mol. The molecule has 0 radical (unpaired) electrons. The Morgan fingerprint density at radius 2 is 1.96 bits per heavy atom. The Morgan fingerprint density at radius 1 is 1.29 bits per heavy atom. The summed E-state index contributed by atoms with van der Waals surface area (Å²) in [5, 5.41) is 4.29. The highest BCUT2D eigenvalue weighted by Gasteiger charge is 2.38. The maximum atomic E-state index is 12.8. The van der Waals surface area contributed by atoms with Gasteiger partial charge >= 0.3 is 0 Å². The molecule has 1 fully saturated rings. The van der Waals surface area contributed by atoms with E-state index in [-0.39, 0.29) is 17.5 Å². The summed E-state index contributed by atoms with van der Waals surface area (Å²) in [4.78, 5) is -0.0657. The molecule has 3 rings (SSSR count). The fourth-order valence-electron chi connectivity index (χ4n) is 2.40. The third-order valence-corrected chi connectivity index (χ3v) is 5.85. The fraction of sp³-hybridized carbons (Fsp3) is 0.400. The third kappa shape index (κ3) is 3.93. The minimum atomic E-state index is -3.79. The Hall–Kier alpha value is -1.51. The second-order valence-electron chi connectivity index (χ2n) is 5.70. The first-order valence-electron chi connectivity index (χ1n) is 7.43. The lowest BCUT2D eigenvalue weighted by molar-refractivity contribution is 0.121. The topological polar surface area (TPSA) is 55.2 Å². The number of rotatable bonds is 7. The molecule has 1 aliphatic carbocycles. The molecule has 1 saturated carbocycles. The molecule has 0 saturated heterocycles. The van der Waals surface area contributed by atoms with Crippen molar-refractivity contribution >= 4 is 21.6 Å². The van der Waals surface area contributed by atoms with Gasteiger partial charge in [-0.3, -0.25) is 4.68 Å². The Kier molecular flexibility index (Phi) is 4.89. The predicted octanol–water partition coefficient (Wildman–Crippen LogP) is 3.15. The molecule has 130 valence electrons. The van der Waals surface area contributed by atoms with E-state index in [1.807, 2.05) is 0 Å². The summed E-state index contributed by atoms with van der Waals surface area (Å²) in [5.74, 6) is 0. The molecule has 0 amide bonds. The van der Waals surface area contributed by atoms with Crippen LogP contribution >= 0.6 is 11.6 Å². The average Bonchev–Trinajstić information content (AvgIpc) is 3.24. The Balaban J connectivity index is 1.84. The van der Waals surface area contributed by atoms with Crippen molar-refractivity contribution in [2.75, 3.05) is 0 Å². The van der Waals surface area contributed by atoms with E-state index >= 15 is 0 Å². The van der Waals surface area contributed by atoms with Crippen LogP contribution in [0, 0.1) is 0 Å². The Bertz CT molecular complexity index is 804. The lowest BCUT2D eigenvalue weighted by atomic mass is 10.2. The lowest BCUT2D eigenvalue weighted by Gasteiger charge is -2.21. The first-order valence-corrected chi connectivity index (χ1v) is 9.25. The van der Waals surface area contributed by atoms with Crippen molar-refractivity contribution in [1.29, 1.82) is 0 Å². The van der Waals surface area contributed by atoms with Crippen molar-refractivity contribution < 1.29 is 17.2 Å². The summed E-state index contributed by atoms with van der Waals surface area (Å²) < 4.78 is 52.9. The van der Waals surface area contributed by atoms with Gasteiger partial charge in [0.2, 0.25) is 10.0 Å². The van der Waals surface area contributed by atoms with Crippen LogP contribution in [0.15, 0.2) is 41.6 Å². The second-order valence-corrected chi connectivity index (χ2v) is 8.02. The summed E-state index contributed by atoms with van der Waals surface area (Å²) in [7, 11) is -3.79. The van der Waals surface area contributed by atoms with E-state index < -0.39 is 23.0 Å². The molecular weight excluding hydrogens is 360 g/mol. The third-order valence-electron chi connectivity index (χ3n) is 3.75. The molecule has 1 aliphatic rings. The van der Waals surface area contributed by atoms with Crippen LogP contribution in [0.2, 0.25) is 5.02 Å². The van der Waals surface area contributed by atoms with E-state index in [1.165, 1.54) is 4.31 Å². The number of benzene rings is 1. The number of aromatic nitrogens is 2. The van der Waals surface area contributed by atoms with Crippen LogP contribution in [-0.2, 0) is 23.1 Å². The smallest absolute Gasteiger partial charge is 0.257 e. The van der Waals surface area contributed by atoms with Gasteiger partial charge in [0, 0.05) is 23.8 Å². The van der Waals surface area contributed by atoms with Crippen LogP contribution in [0.3, 0.4) is 0 Å². The van der Waals surface area contributed by atoms with Crippen LogP contribution in [0.4, 0.5) is 8.78 Å². The van der Waals surface area contributed by atoms with Gasteiger partial charge in [0.05, 0.1) is 6.20 Å². The van der Waals surface area contributed by atoms with Gasteiger partial charge in [-0.2, -0.15) is 9.40 Å². The van der Waals surface area contributed by atoms with Crippen LogP contribution in [0.25, 0.3) is 0 Å². The molecule has 2 aromatic rings. The maximum Gasteiger partial charge on any atom is 0.257 e. The van der Waals surface area contributed by atoms with Crippen LogP contribution in [0.5, 0.6) is 0 Å². The number of nitrogens with zero attached hydrogens (tertiary/aromatic N) is 3. The van der Waals surface area contributed by atoms with E-state index in [1.54, 1.807) is 24.3 Å². The Morgan fingerprint density at radius 3 is 2.54 bits per heavy atom. The highest BCUT2D eigenvalue weighted by atomic mass is 35.5. The standard InChI is InChI=1S/C15H16ClF2N3O2S/c16-12-3-1-11(2-4-12)8-21(13-5-6-13)24(22,23)14-7-19-20(9-14)10-15(17)18/h1-4,7,9,13,15H,5-6,8,10H2. The van der Waals surface area contributed by atoms with Gasteiger partial charge in [0.1, 0.15) is 11.4 Å². The normalized spacial score (nSPS) is 15.4. The summed E-state index contributed by atoms with van der Waals surface area (Å²) >= 11 is 5.85. The first-order chi connectivity index (χ1) is 11.4. The van der Waals surface area contributed by atoms with Gasteiger partial charge in [-0.1, -0.05) is 23.7 Å². The second kappa shape index (κ2) is 6.78. The zero-order valence-corrected chi connectivity index (χ0v) is 14.2. The number of alkyl halides is 2. The van der Waals surface area contributed by atoms with E-state index in [0.29, 0.717) is 5.02 Å². The van der Waals surface area contributed by atoms with Crippen molar-refractivity contribution in [1.82, 2.24) is 14.1 Å². The Labute approximate surface area is 143 Å². The van der Waals surface area contributed by atoms with Gasteiger partial charge in [-0.05, 0) is 30.5 Å². The van der Waals surface area contributed by atoms with Gasteiger partial charge in [-0.15, -0.1) is 0 Å². The minimum absolute atomic E-state index is 0.0656. The highest BCUT2D eigenvalue weighted by molar-refractivity contribution is 7.89. The largest absolute Gasteiger partial charge is 0.266 e. The molecule has 1 aromatic heterocycles. The van der Waals surface area contributed by atoms with Crippen molar-refractivity contribution in [3.63, 3.8) is 0 Å². The molecule has 0 unspecified atom stereocenters. The summed E-state index contributed by atoms with van der Waals surface area (Å²) in [5.41, 5.74) is 0.815. The van der Waals surface area contributed by atoms with Gasteiger partial charge < -0.3 is 0 Å². The summed E-state index contributed by atoms with van der Waals surface area (Å²) in [6, 6.07) is 6.88. The zero-order valence-electron chi connectivity index (χ0n) is 12.6.